The summed E-state index contributed by atoms with van der Waals surface area (Å²) in [6.45, 7) is 3.93. The van der Waals surface area contributed by atoms with Crippen molar-refractivity contribution in [1.29, 1.82) is 0 Å². The summed E-state index contributed by atoms with van der Waals surface area (Å²) in [7, 11) is 0. The Balaban J connectivity index is 2.36. The SMILES string of the molecule is CC(C)CC(O)OC(=O)Cc1ccccc1. The summed E-state index contributed by atoms with van der Waals surface area (Å²) in [6.07, 6.45) is -0.313. The molecule has 0 fully saturated rings. The third-order valence-electron chi connectivity index (χ3n) is 2.13. The van der Waals surface area contributed by atoms with Crippen LogP contribution in [0.5, 0.6) is 0 Å². The Bertz CT molecular complexity index is 319. The highest BCUT2D eigenvalue weighted by molar-refractivity contribution is 5.72. The molecule has 88 valence electrons. The summed E-state index contributed by atoms with van der Waals surface area (Å²) in [4.78, 5) is 11.4. The van der Waals surface area contributed by atoms with E-state index in [1.54, 1.807) is 0 Å². The molecule has 0 saturated carbocycles. The predicted molar refractivity (Wildman–Crippen MR) is 61.7 cm³/mol. The molecule has 3 heteroatoms. The number of aliphatic hydroxyl groups is 1. The van der Waals surface area contributed by atoms with Crippen molar-refractivity contribution < 1.29 is 14.6 Å². The smallest absolute Gasteiger partial charge is 0.312 e. The number of carbonyl (C=O) groups is 1. The molecule has 0 aromatic heterocycles. The third kappa shape index (κ3) is 4.94. The van der Waals surface area contributed by atoms with Gasteiger partial charge in [-0.2, -0.15) is 0 Å². The lowest BCUT2D eigenvalue weighted by atomic mass is 10.1. The number of hydrogen-bond donors (Lipinski definition) is 1. The maximum absolute atomic E-state index is 11.4. The summed E-state index contributed by atoms with van der Waals surface area (Å²) in [6, 6.07) is 9.34. The Hall–Kier alpha value is -1.35. The highest BCUT2D eigenvalue weighted by atomic mass is 16.6. The summed E-state index contributed by atoms with van der Waals surface area (Å²) in [5, 5.41) is 9.42. The van der Waals surface area contributed by atoms with E-state index in [1.165, 1.54) is 0 Å². The van der Waals surface area contributed by atoms with Crippen molar-refractivity contribution >= 4 is 5.97 Å². The Kier molecular flexibility index (Phi) is 4.99. The highest BCUT2D eigenvalue weighted by Gasteiger charge is 2.12. The average Bonchev–Trinajstić information content (AvgIpc) is 2.17. The van der Waals surface area contributed by atoms with Gasteiger partial charge in [0.2, 0.25) is 6.29 Å². The minimum Gasteiger partial charge on any atom is -0.436 e. The van der Waals surface area contributed by atoms with Crippen molar-refractivity contribution in [2.45, 2.75) is 33.0 Å². The molecule has 0 aliphatic heterocycles. The van der Waals surface area contributed by atoms with E-state index in [4.69, 9.17) is 4.74 Å². The zero-order chi connectivity index (χ0) is 12.0. The Labute approximate surface area is 96.1 Å². The van der Waals surface area contributed by atoms with Crippen LogP contribution >= 0.6 is 0 Å². The molecule has 1 aromatic rings. The minimum absolute atomic E-state index is 0.204. The second kappa shape index (κ2) is 6.28. The number of carbonyl (C=O) groups excluding carboxylic acids is 1. The van der Waals surface area contributed by atoms with Crippen molar-refractivity contribution in [3.8, 4) is 0 Å². The molecule has 0 heterocycles. The first-order valence-corrected chi connectivity index (χ1v) is 5.49. The van der Waals surface area contributed by atoms with Crippen LogP contribution in [0.3, 0.4) is 0 Å². The van der Waals surface area contributed by atoms with Gasteiger partial charge in [0, 0.05) is 6.42 Å². The molecular weight excluding hydrogens is 204 g/mol. The van der Waals surface area contributed by atoms with E-state index in [-0.39, 0.29) is 12.4 Å². The third-order valence-corrected chi connectivity index (χ3v) is 2.13. The quantitative estimate of drug-likeness (QED) is 0.613. The van der Waals surface area contributed by atoms with Crippen LogP contribution in [0.2, 0.25) is 0 Å². The molecule has 0 saturated heterocycles. The second-order valence-corrected chi connectivity index (χ2v) is 4.24. The van der Waals surface area contributed by atoms with Gasteiger partial charge in [-0.1, -0.05) is 44.2 Å². The first kappa shape index (κ1) is 12.7. The first-order valence-electron chi connectivity index (χ1n) is 5.49. The first-order chi connectivity index (χ1) is 7.58. The van der Waals surface area contributed by atoms with Gasteiger partial charge in [-0.15, -0.1) is 0 Å². The molecule has 0 radical (unpaired) electrons. The molecule has 1 unspecified atom stereocenters. The van der Waals surface area contributed by atoms with Crippen LogP contribution in [0.4, 0.5) is 0 Å². The molecule has 0 aliphatic carbocycles. The molecule has 1 aromatic carbocycles. The zero-order valence-electron chi connectivity index (χ0n) is 9.72. The maximum atomic E-state index is 11.4. The van der Waals surface area contributed by atoms with E-state index in [9.17, 15) is 9.90 Å². The lowest BCUT2D eigenvalue weighted by Crippen LogP contribution is -2.20. The van der Waals surface area contributed by atoms with Gasteiger partial charge in [0.15, 0.2) is 0 Å². The van der Waals surface area contributed by atoms with Crippen LogP contribution in [0.15, 0.2) is 30.3 Å². The normalized spacial score (nSPS) is 12.5. The van der Waals surface area contributed by atoms with Crippen molar-refractivity contribution in [2.75, 3.05) is 0 Å². The molecule has 0 bridgehead atoms. The lowest BCUT2D eigenvalue weighted by molar-refractivity contribution is -0.169. The fourth-order valence-corrected chi connectivity index (χ4v) is 1.41. The summed E-state index contributed by atoms with van der Waals surface area (Å²) in [5.74, 6) is -0.0844. The van der Waals surface area contributed by atoms with Crippen LogP contribution in [0.1, 0.15) is 25.8 Å². The second-order valence-electron chi connectivity index (χ2n) is 4.24. The van der Waals surface area contributed by atoms with Crippen LogP contribution in [-0.4, -0.2) is 17.4 Å². The average molecular weight is 222 g/mol. The van der Waals surface area contributed by atoms with Crippen LogP contribution in [-0.2, 0) is 16.0 Å². The van der Waals surface area contributed by atoms with Gasteiger partial charge in [0.25, 0.3) is 0 Å². The molecule has 16 heavy (non-hydrogen) atoms. The lowest BCUT2D eigenvalue weighted by Gasteiger charge is -2.13. The molecule has 1 rings (SSSR count). The summed E-state index contributed by atoms with van der Waals surface area (Å²) < 4.78 is 4.88. The van der Waals surface area contributed by atoms with Crippen LogP contribution < -0.4 is 0 Å². The van der Waals surface area contributed by atoms with Gasteiger partial charge < -0.3 is 9.84 Å². The summed E-state index contributed by atoms with van der Waals surface area (Å²) >= 11 is 0. The fourth-order valence-electron chi connectivity index (χ4n) is 1.41. The Morgan fingerprint density at radius 3 is 2.50 bits per heavy atom. The van der Waals surface area contributed by atoms with Gasteiger partial charge >= 0.3 is 5.97 Å². The van der Waals surface area contributed by atoms with E-state index in [0.29, 0.717) is 12.3 Å². The van der Waals surface area contributed by atoms with E-state index < -0.39 is 6.29 Å². The highest BCUT2D eigenvalue weighted by Crippen LogP contribution is 2.07. The van der Waals surface area contributed by atoms with E-state index in [2.05, 4.69) is 0 Å². The van der Waals surface area contributed by atoms with E-state index >= 15 is 0 Å². The number of hydrogen-bond acceptors (Lipinski definition) is 3. The molecular formula is C13H18O3. The molecule has 0 aliphatic rings. The monoisotopic (exact) mass is 222 g/mol. The van der Waals surface area contributed by atoms with Crippen molar-refractivity contribution in [3.05, 3.63) is 35.9 Å². The number of esters is 1. The van der Waals surface area contributed by atoms with Crippen LogP contribution in [0, 0.1) is 5.92 Å². The van der Waals surface area contributed by atoms with Gasteiger partial charge in [-0.25, -0.2) is 0 Å². The van der Waals surface area contributed by atoms with Crippen molar-refractivity contribution in [1.82, 2.24) is 0 Å². The van der Waals surface area contributed by atoms with E-state index in [1.807, 2.05) is 44.2 Å². The molecule has 0 amide bonds. The van der Waals surface area contributed by atoms with Crippen molar-refractivity contribution in [3.63, 3.8) is 0 Å². The number of ether oxygens (including phenoxy) is 1. The van der Waals surface area contributed by atoms with E-state index in [0.717, 1.165) is 5.56 Å². The largest absolute Gasteiger partial charge is 0.436 e. The standard InChI is InChI=1S/C13H18O3/c1-10(2)8-12(14)16-13(15)9-11-6-4-3-5-7-11/h3-7,10,12,14H,8-9H2,1-2H3. The molecule has 1 atom stereocenters. The number of aliphatic hydroxyl groups excluding tert-OH is 1. The van der Waals surface area contributed by atoms with Gasteiger partial charge in [-0.05, 0) is 11.5 Å². The Morgan fingerprint density at radius 1 is 1.31 bits per heavy atom. The van der Waals surface area contributed by atoms with Gasteiger partial charge in [0.05, 0.1) is 6.42 Å². The van der Waals surface area contributed by atoms with Crippen molar-refractivity contribution in [2.24, 2.45) is 5.92 Å². The molecule has 3 nitrogen and oxygen atoms in total. The predicted octanol–water partition coefficient (Wildman–Crippen LogP) is 2.14. The topological polar surface area (TPSA) is 46.5 Å². The van der Waals surface area contributed by atoms with Crippen LogP contribution in [0.25, 0.3) is 0 Å². The van der Waals surface area contributed by atoms with Gasteiger partial charge in [0.1, 0.15) is 0 Å². The Morgan fingerprint density at radius 2 is 1.94 bits per heavy atom. The molecule has 0 spiro atoms. The number of benzene rings is 1. The van der Waals surface area contributed by atoms with Gasteiger partial charge in [-0.3, -0.25) is 4.79 Å². The minimum atomic E-state index is -0.990. The maximum Gasteiger partial charge on any atom is 0.312 e. The summed E-state index contributed by atoms with van der Waals surface area (Å²) in [5.41, 5.74) is 0.893. The zero-order valence-corrected chi connectivity index (χ0v) is 9.72. The number of rotatable bonds is 5. The molecule has 1 N–H and O–H groups in total. The fraction of sp³-hybridized carbons (Fsp3) is 0.462.